The zero-order valence-electron chi connectivity index (χ0n) is 19.0. The molecule has 8 nitrogen and oxygen atoms in total. The number of aromatic nitrogens is 3. The number of carbonyl (C=O) groups is 1. The van der Waals surface area contributed by atoms with Crippen molar-refractivity contribution in [2.45, 2.75) is 51.4 Å². The Morgan fingerprint density at radius 1 is 1.39 bits per heavy atom. The monoisotopic (exact) mass is 450 g/mol. The summed E-state index contributed by atoms with van der Waals surface area (Å²) in [5.41, 5.74) is 3.93. The van der Waals surface area contributed by atoms with E-state index in [1.54, 1.807) is 12.1 Å². The van der Waals surface area contributed by atoms with Gasteiger partial charge in [-0.05, 0) is 51.0 Å². The normalized spacial score (nSPS) is 18.9. The number of fused-ring (bicyclic) bond motifs is 1. The van der Waals surface area contributed by atoms with Crippen LogP contribution in [0.15, 0.2) is 43.0 Å². The summed E-state index contributed by atoms with van der Waals surface area (Å²) in [6, 6.07) is 8.91. The number of phenols is 1. The molecule has 33 heavy (non-hydrogen) atoms. The van der Waals surface area contributed by atoms with E-state index in [2.05, 4.69) is 27.1 Å². The van der Waals surface area contributed by atoms with Crippen LogP contribution >= 0.6 is 0 Å². The lowest BCUT2D eigenvalue weighted by atomic mass is 9.91. The number of hydrogen-bond acceptors (Lipinski definition) is 6. The summed E-state index contributed by atoms with van der Waals surface area (Å²) in [6.07, 6.45) is 2.87. The Labute approximate surface area is 193 Å². The van der Waals surface area contributed by atoms with Crippen molar-refractivity contribution in [1.29, 1.82) is 0 Å². The average molecular weight is 451 g/mol. The first-order valence-corrected chi connectivity index (χ1v) is 11.2. The van der Waals surface area contributed by atoms with Gasteiger partial charge in [0.15, 0.2) is 5.65 Å². The van der Waals surface area contributed by atoms with Crippen LogP contribution in [-0.4, -0.2) is 51.6 Å². The van der Waals surface area contributed by atoms with Gasteiger partial charge in [0.05, 0.1) is 31.1 Å². The number of aromatic amines is 1. The van der Waals surface area contributed by atoms with Crippen LogP contribution in [0.1, 0.15) is 43.9 Å². The van der Waals surface area contributed by atoms with Crippen molar-refractivity contribution in [2.75, 3.05) is 13.2 Å². The number of nitrogens with zero attached hydrogens (tertiary/aromatic N) is 2. The van der Waals surface area contributed by atoms with E-state index in [-0.39, 0.29) is 29.7 Å². The van der Waals surface area contributed by atoms with E-state index in [0.29, 0.717) is 36.7 Å². The Bertz CT molecular complexity index is 1140. The molecule has 0 saturated carbocycles. The van der Waals surface area contributed by atoms with Crippen molar-refractivity contribution in [1.82, 2.24) is 20.5 Å². The molecule has 8 heteroatoms. The first-order valence-electron chi connectivity index (χ1n) is 11.2. The van der Waals surface area contributed by atoms with E-state index in [0.717, 1.165) is 29.5 Å². The van der Waals surface area contributed by atoms with Gasteiger partial charge in [-0.25, -0.2) is 0 Å². The summed E-state index contributed by atoms with van der Waals surface area (Å²) in [7, 11) is 0. The quantitative estimate of drug-likeness (QED) is 0.472. The molecule has 1 saturated heterocycles. The predicted molar refractivity (Wildman–Crippen MR) is 126 cm³/mol. The van der Waals surface area contributed by atoms with E-state index >= 15 is 0 Å². The maximum absolute atomic E-state index is 11.9. The second kappa shape index (κ2) is 10.1. The third-order valence-corrected chi connectivity index (χ3v) is 5.88. The van der Waals surface area contributed by atoms with Crippen molar-refractivity contribution >= 4 is 16.9 Å². The molecular formula is C25H30N4O4. The summed E-state index contributed by atoms with van der Waals surface area (Å²) in [6.45, 7) is 9.02. The Balaban J connectivity index is 1.74. The standard InChI is InChI=1S/C25H30N4O4/c1-4-23(31)26-17-11-16(9-10-32-13-17)24-20(14-33-15(2)3)19-12-21(28-29-25(19)27-24)18-7-5-6-8-22(18)30/h4-8,12,15-17,30H,1,9-11,13-14H2,2-3H3,(H,26,31)(H,27,29)/t16-,17-/m0/s1. The number of hydrogen-bond donors (Lipinski definition) is 3. The molecule has 0 radical (unpaired) electrons. The third kappa shape index (κ3) is 5.23. The Hall–Kier alpha value is -3.23. The summed E-state index contributed by atoms with van der Waals surface area (Å²) in [4.78, 5) is 15.3. The van der Waals surface area contributed by atoms with Gasteiger partial charge in [0.2, 0.25) is 5.91 Å². The molecule has 1 fully saturated rings. The van der Waals surface area contributed by atoms with E-state index in [9.17, 15) is 9.90 Å². The molecule has 1 aliphatic heterocycles. The van der Waals surface area contributed by atoms with E-state index < -0.39 is 0 Å². The van der Waals surface area contributed by atoms with E-state index in [4.69, 9.17) is 9.47 Å². The highest BCUT2D eigenvalue weighted by Crippen LogP contribution is 2.36. The summed E-state index contributed by atoms with van der Waals surface area (Å²) < 4.78 is 11.8. The van der Waals surface area contributed by atoms with Crippen molar-refractivity contribution in [2.24, 2.45) is 0 Å². The minimum atomic E-state index is -0.206. The van der Waals surface area contributed by atoms with Crippen LogP contribution in [0.5, 0.6) is 5.75 Å². The maximum Gasteiger partial charge on any atom is 0.243 e. The molecule has 3 heterocycles. The fourth-order valence-corrected chi connectivity index (χ4v) is 4.24. The highest BCUT2D eigenvalue weighted by atomic mass is 16.5. The molecule has 0 aliphatic carbocycles. The first-order chi connectivity index (χ1) is 16.0. The molecule has 0 spiro atoms. The van der Waals surface area contributed by atoms with Gasteiger partial charge in [-0.15, -0.1) is 10.2 Å². The number of nitrogens with one attached hydrogen (secondary N) is 2. The molecule has 3 N–H and O–H groups in total. The Morgan fingerprint density at radius 3 is 2.97 bits per heavy atom. The lowest BCUT2D eigenvalue weighted by Crippen LogP contribution is -2.37. The van der Waals surface area contributed by atoms with Crippen LogP contribution in [0.4, 0.5) is 0 Å². The number of rotatable bonds is 7. The third-order valence-electron chi connectivity index (χ3n) is 5.88. The summed E-state index contributed by atoms with van der Waals surface area (Å²) in [5, 5.41) is 22.9. The summed E-state index contributed by atoms with van der Waals surface area (Å²) in [5.74, 6) is 0.0715. The van der Waals surface area contributed by atoms with Gasteiger partial charge in [0, 0.05) is 34.7 Å². The van der Waals surface area contributed by atoms with Crippen LogP contribution in [0.2, 0.25) is 0 Å². The van der Waals surface area contributed by atoms with Crippen molar-refractivity contribution < 1.29 is 19.4 Å². The molecule has 4 rings (SSSR count). The molecule has 1 aromatic carbocycles. The fourth-order valence-electron chi connectivity index (χ4n) is 4.24. The van der Waals surface area contributed by atoms with Crippen LogP contribution in [0.3, 0.4) is 0 Å². The molecule has 2 atom stereocenters. The Kier molecular flexibility index (Phi) is 7.05. The minimum Gasteiger partial charge on any atom is -0.507 e. The highest BCUT2D eigenvalue weighted by Gasteiger charge is 2.27. The molecule has 0 unspecified atom stereocenters. The SMILES string of the molecule is C=CC(=O)N[C@@H]1COCC[C@H](c2[nH]c3nnc(-c4ccccc4O)cc3c2COC(C)C)C1. The van der Waals surface area contributed by atoms with Gasteiger partial charge in [0.25, 0.3) is 0 Å². The molecule has 1 amide bonds. The predicted octanol–water partition coefficient (Wildman–Crippen LogP) is 3.82. The fraction of sp³-hybridized carbons (Fsp3) is 0.400. The number of para-hydroxylation sites is 1. The molecule has 3 aromatic rings. The summed E-state index contributed by atoms with van der Waals surface area (Å²) >= 11 is 0. The van der Waals surface area contributed by atoms with Crippen molar-refractivity contribution in [3.05, 3.63) is 54.2 Å². The van der Waals surface area contributed by atoms with E-state index in [1.165, 1.54) is 6.08 Å². The second-order valence-corrected chi connectivity index (χ2v) is 8.59. The van der Waals surface area contributed by atoms with Crippen LogP contribution in [-0.2, 0) is 20.9 Å². The molecular weight excluding hydrogens is 420 g/mol. The zero-order chi connectivity index (χ0) is 23.4. The topological polar surface area (TPSA) is 109 Å². The second-order valence-electron chi connectivity index (χ2n) is 8.59. The van der Waals surface area contributed by atoms with Crippen LogP contribution in [0, 0.1) is 0 Å². The van der Waals surface area contributed by atoms with Gasteiger partial charge in [-0.3, -0.25) is 4.79 Å². The van der Waals surface area contributed by atoms with Crippen LogP contribution < -0.4 is 5.32 Å². The van der Waals surface area contributed by atoms with Crippen molar-refractivity contribution in [3.8, 4) is 17.0 Å². The van der Waals surface area contributed by atoms with Gasteiger partial charge in [-0.1, -0.05) is 18.7 Å². The largest absolute Gasteiger partial charge is 0.507 e. The number of phenolic OH excluding ortho intramolecular Hbond substituents is 1. The highest BCUT2D eigenvalue weighted by molar-refractivity contribution is 5.87. The van der Waals surface area contributed by atoms with Gasteiger partial charge >= 0.3 is 0 Å². The first kappa shape index (κ1) is 22.9. The minimum absolute atomic E-state index is 0.0623. The molecule has 174 valence electrons. The number of aromatic hydroxyl groups is 1. The molecule has 2 aromatic heterocycles. The Morgan fingerprint density at radius 2 is 2.21 bits per heavy atom. The number of ether oxygens (including phenoxy) is 2. The molecule has 1 aliphatic rings. The lowest BCUT2D eigenvalue weighted by molar-refractivity contribution is -0.117. The zero-order valence-corrected chi connectivity index (χ0v) is 19.0. The lowest BCUT2D eigenvalue weighted by Gasteiger charge is -2.20. The average Bonchev–Trinajstić information content (AvgIpc) is 3.00. The number of H-pyrrole nitrogens is 1. The number of amides is 1. The number of carbonyl (C=O) groups excluding carboxylic acids is 1. The van der Waals surface area contributed by atoms with Gasteiger partial charge in [-0.2, -0.15) is 0 Å². The van der Waals surface area contributed by atoms with Crippen molar-refractivity contribution in [3.63, 3.8) is 0 Å². The van der Waals surface area contributed by atoms with E-state index in [1.807, 2.05) is 32.0 Å². The van der Waals surface area contributed by atoms with Gasteiger partial charge < -0.3 is 24.9 Å². The van der Waals surface area contributed by atoms with Gasteiger partial charge in [0.1, 0.15) is 5.75 Å². The number of benzene rings is 1. The smallest absolute Gasteiger partial charge is 0.243 e. The van der Waals surface area contributed by atoms with Crippen LogP contribution in [0.25, 0.3) is 22.3 Å². The maximum atomic E-state index is 11.9. The molecule has 0 bridgehead atoms.